The highest BCUT2D eigenvalue weighted by Gasteiger charge is 2.17. The molecule has 0 bridgehead atoms. The van der Waals surface area contributed by atoms with Crippen molar-refractivity contribution < 1.29 is 9.21 Å². The summed E-state index contributed by atoms with van der Waals surface area (Å²) in [4.78, 5) is 34.5. The van der Waals surface area contributed by atoms with E-state index in [-0.39, 0.29) is 22.8 Å². The first-order chi connectivity index (χ1) is 14.6. The molecule has 30 heavy (non-hydrogen) atoms. The van der Waals surface area contributed by atoms with E-state index in [1.54, 1.807) is 47.9 Å². The lowest BCUT2D eigenvalue weighted by atomic mass is 10.0. The number of aromatic amines is 1. The summed E-state index contributed by atoms with van der Waals surface area (Å²) >= 11 is 6.90. The number of hydrogen-bond donors (Lipinski definition) is 2. The Labute approximate surface area is 180 Å². The summed E-state index contributed by atoms with van der Waals surface area (Å²) in [5, 5.41) is 3.96. The molecule has 2 N–H and O–H groups in total. The van der Waals surface area contributed by atoms with Gasteiger partial charge in [0.25, 0.3) is 11.5 Å². The van der Waals surface area contributed by atoms with E-state index in [1.807, 2.05) is 0 Å². The van der Waals surface area contributed by atoms with E-state index >= 15 is 0 Å². The number of aromatic nitrogens is 3. The van der Waals surface area contributed by atoms with Crippen LogP contribution in [-0.2, 0) is 19.4 Å². The van der Waals surface area contributed by atoms with Gasteiger partial charge in [0.05, 0.1) is 29.4 Å². The van der Waals surface area contributed by atoms with Crippen LogP contribution in [0.5, 0.6) is 0 Å². The van der Waals surface area contributed by atoms with Crippen LogP contribution in [0.2, 0.25) is 0 Å². The van der Waals surface area contributed by atoms with Gasteiger partial charge in [0.15, 0.2) is 9.90 Å². The zero-order valence-electron chi connectivity index (χ0n) is 15.9. The Hall–Kier alpha value is -3.04. The molecule has 0 aliphatic heterocycles. The first-order valence-electron chi connectivity index (χ1n) is 9.68. The van der Waals surface area contributed by atoms with E-state index < -0.39 is 0 Å². The first-order valence-corrected chi connectivity index (χ1v) is 10.9. The third-order valence-corrected chi connectivity index (χ3v) is 6.60. The number of carbonyl (C=O) groups is 1. The Morgan fingerprint density at radius 1 is 1.30 bits per heavy atom. The van der Waals surface area contributed by atoms with Gasteiger partial charge >= 0.3 is 0 Å². The molecule has 0 atom stereocenters. The minimum absolute atomic E-state index is 0.232. The maximum atomic E-state index is 12.9. The zero-order chi connectivity index (χ0) is 20.7. The van der Waals surface area contributed by atoms with Crippen LogP contribution in [0.3, 0.4) is 0 Å². The van der Waals surface area contributed by atoms with Crippen molar-refractivity contribution >= 4 is 45.5 Å². The average Bonchev–Trinajstić information content (AvgIpc) is 3.39. The van der Waals surface area contributed by atoms with Crippen molar-refractivity contribution in [2.75, 3.05) is 5.32 Å². The molecule has 0 unspecified atom stereocenters. The summed E-state index contributed by atoms with van der Waals surface area (Å²) in [6, 6.07) is 8.48. The second-order valence-electron chi connectivity index (χ2n) is 7.21. The highest BCUT2D eigenvalue weighted by Crippen LogP contribution is 2.29. The molecule has 152 valence electrons. The molecule has 1 amide bonds. The fourth-order valence-electron chi connectivity index (χ4n) is 3.67. The molecule has 3 heterocycles. The van der Waals surface area contributed by atoms with E-state index in [9.17, 15) is 9.59 Å². The molecule has 5 rings (SSSR count). The number of thiazole rings is 1. The number of nitrogens with one attached hydrogen (secondary N) is 2. The molecular formula is C21H18N4O3S2. The SMILES string of the molecule is O=C(Nc1nc2c(s1)CCCC2)c1ccc2c(=O)n(Cc3ccco3)c(=S)[nH]c2c1. The summed E-state index contributed by atoms with van der Waals surface area (Å²) < 4.78 is 7.03. The van der Waals surface area contributed by atoms with Gasteiger partial charge in [0.1, 0.15) is 5.76 Å². The lowest BCUT2D eigenvalue weighted by Crippen LogP contribution is -2.23. The molecule has 0 saturated heterocycles. The minimum atomic E-state index is -0.262. The molecule has 1 aromatic carbocycles. The van der Waals surface area contributed by atoms with Crippen molar-refractivity contribution in [3.63, 3.8) is 0 Å². The maximum absolute atomic E-state index is 12.9. The van der Waals surface area contributed by atoms with Crippen LogP contribution in [0.4, 0.5) is 5.13 Å². The number of anilines is 1. The van der Waals surface area contributed by atoms with Crippen LogP contribution < -0.4 is 10.9 Å². The van der Waals surface area contributed by atoms with Crippen LogP contribution in [0.25, 0.3) is 10.9 Å². The van der Waals surface area contributed by atoms with Crippen LogP contribution in [0.15, 0.2) is 45.8 Å². The lowest BCUT2D eigenvalue weighted by Gasteiger charge is -2.08. The number of H-pyrrole nitrogens is 1. The van der Waals surface area contributed by atoms with Crippen molar-refractivity contribution in [3.05, 3.63) is 73.6 Å². The Morgan fingerprint density at radius 3 is 2.97 bits per heavy atom. The lowest BCUT2D eigenvalue weighted by molar-refractivity contribution is 0.102. The first kappa shape index (κ1) is 19.0. The Balaban J connectivity index is 1.44. The van der Waals surface area contributed by atoms with Crippen molar-refractivity contribution in [2.45, 2.75) is 32.2 Å². The number of rotatable bonds is 4. The van der Waals surface area contributed by atoms with Gasteiger partial charge in [-0.15, -0.1) is 11.3 Å². The largest absolute Gasteiger partial charge is 0.467 e. The molecule has 0 saturated carbocycles. The number of amides is 1. The summed E-state index contributed by atoms with van der Waals surface area (Å²) in [5.74, 6) is 0.375. The molecule has 0 radical (unpaired) electrons. The van der Waals surface area contributed by atoms with Crippen LogP contribution in [-0.4, -0.2) is 20.4 Å². The number of furan rings is 1. The third kappa shape index (κ3) is 3.50. The molecule has 4 aromatic rings. The average molecular weight is 439 g/mol. The Morgan fingerprint density at radius 2 is 2.17 bits per heavy atom. The number of hydrogen-bond acceptors (Lipinski definition) is 6. The summed E-state index contributed by atoms with van der Waals surface area (Å²) in [7, 11) is 0. The van der Waals surface area contributed by atoms with Crippen molar-refractivity contribution in [2.24, 2.45) is 0 Å². The topological polar surface area (TPSA) is 92.9 Å². The van der Waals surface area contributed by atoms with E-state index in [1.165, 1.54) is 15.9 Å². The fourth-order valence-corrected chi connectivity index (χ4v) is 4.97. The number of fused-ring (bicyclic) bond motifs is 2. The second kappa shape index (κ2) is 7.66. The quantitative estimate of drug-likeness (QED) is 0.464. The van der Waals surface area contributed by atoms with Gasteiger partial charge in [0, 0.05) is 10.4 Å². The number of benzene rings is 1. The Bertz CT molecular complexity index is 1340. The highest BCUT2D eigenvalue weighted by molar-refractivity contribution is 7.71. The van der Waals surface area contributed by atoms with Gasteiger partial charge in [0.2, 0.25) is 0 Å². The molecule has 1 aliphatic rings. The van der Waals surface area contributed by atoms with E-state index in [0.717, 1.165) is 25.0 Å². The van der Waals surface area contributed by atoms with Gasteiger partial charge in [-0.05, 0) is 68.2 Å². The number of aryl methyl sites for hydroxylation is 2. The monoisotopic (exact) mass is 438 g/mol. The molecule has 0 fully saturated rings. The summed E-state index contributed by atoms with van der Waals surface area (Å²) in [6.07, 6.45) is 5.87. The van der Waals surface area contributed by atoms with E-state index in [0.29, 0.717) is 27.4 Å². The van der Waals surface area contributed by atoms with Crippen molar-refractivity contribution in [3.8, 4) is 0 Å². The fraction of sp³-hybridized carbons (Fsp3) is 0.238. The smallest absolute Gasteiger partial charge is 0.262 e. The van der Waals surface area contributed by atoms with Gasteiger partial charge in [-0.1, -0.05) is 0 Å². The van der Waals surface area contributed by atoms with E-state index in [2.05, 4.69) is 15.3 Å². The zero-order valence-corrected chi connectivity index (χ0v) is 17.6. The van der Waals surface area contributed by atoms with Crippen LogP contribution >= 0.6 is 23.6 Å². The normalized spacial score (nSPS) is 13.3. The highest BCUT2D eigenvalue weighted by atomic mass is 32.1. The summed E-state index contributed by atoms with van der Waals surface area (Å²) in [5.41, 5.74) is 1.82. The van der Waals surface area contributed by atoms with E-state index in [4.69, 9.17) is 16.6 Å². The van der Waals surface area contributed by atoms with Crippen LogP contribution in [0.1, 0.15) is 39.5 Å². The van der Waals surface area contributed by atoms with Gasteiger partial charge < -0.3 is 9.40 Å². The van der Waals surface area contributed by atoms with Crippen molar-refractivity contribution in [1.82, 2.24) is 14.5 Å². The molecule has 9 heteroatoms. The molecular weight excluding hydrogens is 420 g/mol. The number of nitrogens with zero attached hydrogens (tertiary/aromatic N) is 2. The number of carbonyl (C=O) groups excluding carboxylic acids is 1. The second-order valence-corrected chi connectivity index (χ2v) is 8.68. The van der Waals surface area contributed by atoms with Gasteiger partial charge in [-0.3, -0.25) is 19.5 Å². The predicted octanol–water partition coefficient (Wildman–Crippen LogP) is 4.29. The molecule has 1 aliphatic carbocycles. The predicted molar refractivity (Wildman–Crippen MR) is 118 cm³/mol. The van der Waals surface area contributed by atoms with Crippen molar-refractivity contribution in [1.29, 1.82) is 0 Å². The maximum Gasteiger partial charge on any atom is 0.262 e. The van der Waals surface area contributed by atoms with Gasteiger partial charge in [-0.2, -0.15) is 0 Å². The molecule has 7 nitrogen and oxygen atoms in total. The standard InChI is InChI=1S/C21H18N4O3S2/c26-18(24-20-22-15-5-1-2-6-17(15)30-20)12-7-8-14-16(10-12)23-21(29)25(19(14)27)11-13-4-3-9-28-13/h3-4,7-10H,1-2,5-6,11H2,(H,23,29)(H,22,24,26). The molecule has 0 spiro atoms. The minimum Gasteiger partial charge on any atom is -0.467 e. The third-order valence-electron chi connectivity index (χ3n) is 5.20. The van der Waals surface area contributed by atoms with Crippen LogP contribution in [0, 0.1) is 4.77 Å². The molecule has 3 aromatic heterocycles. The van der Waals surface area contributed by atoms with Gasteiger partial charge in [-0.25, -0.2) is 4.98 Å². The summed E-state index contributed by atoms with van der Waals surface area (Å²) in [6.45, 7) is 0.244. The Kier molecular flexibility index (Phi) is 4.84.